The molecule has 3 rings (SSSR count). The number of ether oxygens (including phenoxy) is 1. The maximum absolute atomic E-state index is 6.07. The van der Waals surface area contributed by atoms with Crippen molar-refractivity contribution in [2.45, 2.75) is 58.2 Å². The van der Waals surface area contributed by atoms with Gasteiger partial charge in [-0.2, -0.15) is 0 Å². The molecule has 2 aliphatic rings. The molecule has 5 heteroatoms. The lowest BCUT2D eigenvalue weighted by atomic mass is 10.1. The Labute approximate surface area is 158 Å². The van der Waals surface area contributed by atoms with Crippen LogP contribution < -0.4 is 15.4 Å². The van der Waals surface area contributed by atoms with Crippen molar-refractivity contribution in [1.29, 1.82) is 0 Å². The van der Waals surface area contributed by atoms with E-state index in [1.54, 1.807) is 0 Å². The molecule has 1 saturated carbocycles. The van der Waals surface area contributed by atoms with Crippen LogP contribution in [0.15, 0.2) is 29.3 Å². The Balaban J connectivity index is 1.47. The Hall–Kier alpha value is -1.75. The third-order valence-electron chi connectivity index (χ3n) is 5.00. The largest absolute Gasteiger partial charge is 0.488 e. The van der Waals surface area contributed by atoms with Gasteiger partial charge < -0.3 is 20.3 Å². The maximum atomic E-state index is 6.07. The quantitative estimate of drug-likeness (QED) is 0.606. The maximum Gasteiger partial charge on any atom is 0.191 e. The molecule has 0 radical (unpaired) electrons. The number of aliphatic imine (C=N–C) groups is 1. The fourth-order valence-electron chi connectivity index (χ4n) is 3.52. The van der Waals surface area contributed by atoms with Crippen LogP contribution in [0, 0.1) is 5.92 Å². The predicted molar refractivity (Wildman–Crippen MR) is 108 cm³/mol. The van der Waals surface area contributed by atoms with Crippen LogP contribution in [-0.4, -0.2) is 49.2 Å². The van der Waals surface area contributed by atoms with Gasteiger partial charge in [-0.05, 0) is 58.6 Å². The molecule has 2 fully saturated rings. The third kappa shape index (κ3) is 5.63. The first-order valence-corrected chi connectivity index (χ1v) is 9.90. The summed E-state index contributed by atoms with van der Waals surface area (Å²) < 4.78 is 6.07. The second kappa shape index (κ2) is 8.30. The molecular weight excluding hydrogens is 324 g/mol. The van der Waals surface area contributed by atoms with Gasteiger partial charge in [-0.25, -0.2) is 0 Å². The van der Waals surface area contributed by atoms with Crippen LogP contribution in [0.4, 0.5) is 0 Å². The van der Waals surface area contributed by atoms with Crippen LogP contribution in [0.2, 0.25) is 0 Å². The molecule has 1 unspecified atom stereocenters. The average Bonchev–Trinajstić information content (AvgIpc) is 3.34. The lowest BCUT2D eigenvalue weighted by Crippen LogP contribution is -2.40. The van der Waals surface area contributed by atoms with E-state index in [0.29, 0.717) is 6.54 Å². The first-order chi connectivity index (χ1) is 12.4. The minimum Gasteiger partial charge on any atom is -0.488 e. The van der Waals surface area contributed by atoms with Crippen molar-refractivity contribution in [2.24, 2.45) is 10.9 Å². The summed E-state index contributed by atoms with van der Waals surface area (Å²) in [5, 5.41) is 6.93. The van der Waals surface area contributed by atoms with E-state index < -0.39 is 0 Å². The van der Waals surface area contributed by atoms with Crippen molar-refractivity contribution >= 4 is 5.96 Å². The van der Waals surface area contributed by atoms with Gasteiger partial charge in [0.05, 0.1) is 0 Å². The number of hydrogen-bond acceptors (Lipinski definition) is 3. The standard InChI is InChI=1S/C21H34N4O/c1-21(2,3)26-19-8-6-5-7-17(19)14-24-20(22-4)23-13-16-11-12-25(15-16)18-9-10-18/h5-8,16,18H,9-15H2,1-4H3,(H2,22,23,24). The zero-order valence-corrected chi connectivity index (χ0v) is 16.7. The highest BCUT2D eigenvalue weighted by molar-refractivity contribution is 5.79. The minimum absolute atomic E-state index is 0.202. The number of guanidine groups is 1. The van der Waals surface area contributed by atoms with Crippen molar-refractivity contribution in [3.05, 3.63) is 29.8 Å². The molecule has 5 nitrogen and oxygen atoms in total. The van der Waals surface area contributed by atoms with Crippen LogP contribution in [0.5, 0.6) is 5.75 Å². The molecule has 0 bridgehead atoms. The van der Waals surface area contributed by atoms with Gasteiger partial charge >= 0.3 is 0 Å². The molecule has 0 spiro atoms. The number of hydrogen-bond donors (Lipinski definition) is 2. The molecule has 144 valence electrons. The summed E-state index contributed by atoms with van der Waals surface area (Å²) in [6, 6.07) is 9.09. The Morgan fingerprint density at radius 3 is 2.65 bits per heavy atom. The van der Waals surface area contributed by atoms with Gasteiger partial charge in [0.25, 0.3) is 0 Å². The van der Waals surface area contributed by atoms with Crippen molar-refractivity contribution in [1.82, 2.24) is 15.5 Å². The van der Waals surface area contributed by atoms with E-state index >= 15 is 0 Å². The van der Waals surface area contributed by atoms with Gasteiger partial charge in [0.1, 0.15) is 11.4 Å². The fraction of sp³-hybridized carbons (Fsp3) is 0.667. The Bertz CT molecular complexity index is 619. The van der Waals surface area contributed by atoms with Crippen molar-refractivity contribution in [3.63, 3.8) is 0 Å². The van der Waals surface area contributed by atoms with Gasteiger partial charge in [-0.3, -0.25) is 4.99 Å². The molecule has 1 saturated heterocycles. The van der Waals surface area contributed by atoms with Crippen molar-refractivity contribution in [2.75, 3.05) is 26.7 Å². The number of nitrogens with zero attached hydrogens (tertiary/aromatic N) is 2. The summed E-state index contributed by atoms with van der Waals surface area (Å²) in [5.41, 5.74) is 0.942. The van der Waals surface area contributed by atoms with Crippen molar-refractivity contribution < 1.29 is 4.74 Å². The molecule has 1 atom stereocenters. The van der Waals surface area contributed by atoms with Crippen LogP contribution in [0.25, 0.3) is 0 Å². The topological polar surface area (TPSA) is 48.9 Å². The minimum atomic E-state index is -0.202. The van der Waals surface area contributed by atoms with Crippen molar-refractivity contribution in [3.8, 4) is 5.75 Å². The zero-order chi connectivity index (χ0) is 18.6. The molecule has 1 aliphatic carbocycles. The Morgan fingerprint density at radius 2 is 1.96 bits per heavy atom. The fourth-order valence-corrected chi connectivity index (χ4v) is 3.52. The Kier molecular flexibility index (Phi) is 6.07. The number of rotatable bonds is 6. The smallest absolute Gasteiger partial charge is 0.191 e. The number of benzene rings is 1. The second-order valence-corrected chi connectivity index (χ2v) is 8.51. The van der Waals surface area contributed by atoms with Gasteiger partial charge in [0, 0.05) is 38.3 Å². The molecular formula is C21H34N4O. The SMILES string of the molecule is CN=C(NCc1ccccc1OC(C)(C)C)NCC1CCN(C2CC2)C1. The zero-order valence-electron chi connectivity index (χ0n) is 16.7. The van der Waals surface area contributed by atoms with E-state index in [1.165, 1.54) is 32.4 Å². The number of likely N-dealkylation sites (tertiary alicyclic amines) is 1. The normalized spacial score (nSPS) is 21.7. The van der Waals surface area contributed by atoms with Gasteiger partial charge in [-0.15, -0.1) is 0 Å². The van der Waals surface area contributed by atoms with E-state index in [0.717, 1.165) is 35.8 Å². The lowest BCUT2D eigenvalue weighted by molar-refractivity contribution is 0.129. The van der Waals surface area contributed by atoms with E-state index in [-0.39, 0.29) is 5.60 Å². The first kappa shape index (κ1) is 19.0. The molecule has 1 aromatic rings. The van der Waals surface area contributed by atoms with E-state index in [9.17, 15) is 0 Å². The van der Waals surface area contributed by atoms with E-state index in [4.69, 9.17) is 4.74 Å². The molecule has 2 N–H and O–H groups in total. The molecule has 1 aliphatic heterocycles. The van der Waals surface area contributed by atoms with Gasteiger partial charge in [0.2, 0.25) is 0 Å². The third-order valence-corrected chi connectivity index (χ3v) is 5.00. The predicted octanol–water partition coefficient (Wildman–Crippen LogP) is 3.01. The summed E-state index contributed by atoms with van der Waals surface area (Å²) >= 11 is 0. The summed E-state index contributed by atoms with van der Waals surface area (Å²) in [4.78, 5) is 7.03. The monoisotopic (exact) mass is 358 g/mol. The first-order valence-electron chi connectivity index (χ1n) is 9.90. The highest BCUT2D eigenvalue weighted by Gasteiger charge is 2.34. The summed E-state index contributed by atoms with van der Waals surface area (Å²) in [6.45, 7) is 10.4. The number of nitrogens with one attached hydrogen (secondary N) is 2. The van der Waals surface area contributed by atoms with Crippen LogP contribution in [0.1, 0.15) is 45.6 Å². The highest BCUT2D eigenvalue weighted by Crippen LogP contribution is 2.31. The molecule has 1 aromatic carbocycles. The van der Waals surface area contributed by atoms with Crippen LogP contribution in [0.3, 0.4) is 0 Å². The molecule has 26 heavy (non-hydrogen) atoms. The van der Waals surface area contributed by atoms with Crippen LogP contribution in [-0.2, 0) is 6.54 Å². The highest BCUT2D eigenvalue weighted by atomic mass is 16.5. The Morgan fingerprint density at radius 1 is 1.19 bits per heavy atom. The molecule has 1 heterocycles. The van der Waals surface area contributed by atoms with Gasteiger partial charge in [0.15, 0.2) is 5.96 Å². The van der Waals surface area contributed by atoms with Crippen LogP contribution >= 0.6 is 0 Å². The lowest BCUT2D eigenvalue weighted by Gasteiger charge is -2.23. The van der Waals surface area contributed by atoms with Gasteiger partial charge in [-0.1, -0.05) is 18.2 Å². The van der Waals surface area contributed by atoms with E-state index in [2.05, 4.69) is 47.4 Å². The number of para-hydroxylation sites is 1. The average molecular weight is 359 g/mol. The molecule has 0 amide bonds. The summed E-state index contributed by atoms with van der Waals surface area (Å²) in [6.07, 6.45) is 4.10. The second-order valence-electron chi connectivity index (χ2n) is 8.51. The van der Waals surface area contributed by atoms with E-state index in [1.807, 2.05) is 25.2 Å². The summed E-state index contributed by atoms with van der Waals surface area (Å²) in [5.74, 6) is 2.52. The molecule has 0 aromatic heterocycles. The summed E-state index contributed by atoms with van der Waals surface area (Å²) in [7, 11) is 1.83.